The summed E-state index contributed by atoms with van der Waals surface area (Å²) >= 11 is 1.32. The third-order valence-corrected chi connectivity index (χ3v) is 6.48. The van der Waals surface area contributed by atoms with E-state index < -0.39 is 45.3 Å². The van der Waals surface area contributed by atoms with Gasteiger partial charge in [-0.15, -0.1) is 11.8 Å². The Hall–Kier alpha value is -2.83. The van der Waals surface area contributed by atoms with Crippen molar-refractivity contribution in [3.63, 3.8) is 0 Å². The number of amides is 2. The third kappa shape index (κ3) is 4.20. The number of nitrogens with one attached hydrogen (secondary N) is 2. The number of rotatable bonds is 7. The Kier molecular flexibility index (Phi) is 5.92. The van der Waals surface area contributed by atoms with Crippen molar-refractivity contribution in [2.24, 2.45) is 5.73 Å². The van der Waals surface area contributed by atoms with E-state index in [-0.39, 0.29) is 11.4 Å². The summed E-state index contributed by atoms with van der Waals surface area (Å²) in [6.07, 6.45) is 2.40. The van der Waals surface area contributed by atoms with E-state index in [0.717, 1.165) is 11.2 Å². The van der Waals surface area contributed by atoms with Gasteiger partial charge in [0.05, 0.1) is 6.26 Å². The van der Waals surface area contributed by atoms with Gasteiger partial charge in [-0.25, -0.2) is 13.2 Å². The van der Waals surface area contributed by atoms with Gasteiger partial charge in [0.1, 0.15) is 23.2 Å². The summed E-state index contributed by atoms with van der Waals surface area (Å²) in [7, 11) is -3.50. The lowest BCUT2D eigenvalue weighted by molar-refractivity contribution is -0.150. The number of thioether (sulfide) groups is 1. The van der Waals surface area contributed by atoms with Gasteiger partial charge in [0.15, 0.2) is 0 Å². The van der Waals surface area contributed by atoms with E-state index in [4.69, 9.17) is 5.73 Å². The summed E-state index contributed by atoms with van der Waals surface area (Å²) in [6.45, 7) is 3.58. The summed E-state index contributed by atoms with van der Waals surface area (Å²) in [5.41, 5.74) is 6.90. The Balaban J connectivity index is 1.73. The molecule has 10 nitrogen and oxygen atoms in total. The lowest BCUT2D eigenvalue weighted by atomic mass is 10.0. The fraction of sp³-hybridized carbons (Fsp3) is 0.278. The molecule has 3 rings (SSSR count). The highest BCUT2D eigenvalue weighted by molar-refractivity contribution is 8.00. The first kappa shape index (κ1) is 21.9. The second-order valence-electron chi connectivity index (χ2n) is 6.76. The normalized spacial score (nSPS) is 21.9. The average Bonchev–Trinajstić information content (AvgIpc) is 2.68. The van der Waals surface area contributed by atoms with Crippen LogP contribution >= 0.6 is 11.8 Å². The quantitative estimate of drug-likeness (QED) is 0.420. The van der Waals surface area contributed by atoms with Crippen molar-refractivity contribution in [3.05, 3.63) is 53.8 Å². The summed E-state index contributed by atoms with van der Waals surface area (Å²) in [4.78, 5) is 37.8. The topological polar surface area (TPSA) is 159 Å². The number of fused-ring (bicyclic) bond motifs is 1. The first-order chi connectivity index (χ1) is 14.0. The molecular weight excluding hydrogens is 432 g/mol. The number of β-lactam (4-membered cyclic amide) rings is 1. The molecule has 0 bridgehead atoms. The van der Waals surface area contributed by atoms with Crippen molar-refractivity contribution in [2.75, 3.05) is 16.7 Å². The number of carbonyl (C=O) groups is 3. The molecule has 2 aliphatic rings. The van der Waals surface area contributed by atoms with Gasteiger partial charge < -0.3 is 16.2 Å². The molecule has 2 aliphatic heterocycles. The summed E-state index contributed by atoms with van der Waals surface area (Å²) in [6, 6.07) is 3.98. The minimum absolute atomic E-state index is 0.131. The number of hydrogen-bond donors (Lipinski definition) is 4. The van der Waals surface area contributed by atoms with Crippen LogP contribution in [0.5, 0.6) is 0 Å². The van der Waals surface area contributed by atoms with Gasteiger partial charge in [-0.1, -0.05) is 24.8 Å². The fourth-order valence-electron chi connectivity index (χ4n) is 3.20. The molecule has 1 fully saturated rings. The third-order valence-electron chi connectivity index (χ3n) is 4.58. The van der Waals surface area contributed by atoms with Crippen molar-refractivity contribution in [3.8, 4) is 0 Å². The molecular formula is C18H20N4O6S2. The molecule has 3 atom stereocenters. The lowest BCUT2D eigenvalue weighted by Crippen LogP contribution is -2.71. The summed E-state index contributed by atoms with van der Waals surface area (Å²) in [5.74, 6) is -2.07. The Morgan fingerprint density at radius 2 is 2.13 bits per heavy atom. The molecule has 0 aromatic heterocycles. The average molecular weight is 453 g/mol. The van der Waals surface area contributed by atoms with E-state index >= 15 is 0 Å². The molecule has 2 unspecified atom stereocenters. The second kappa shape index (κ2) is 8.13. The first-order valence-corrected chi connectivity index (χ1v) is 11.6. The Morgan fingerprint density at radius 3 is 2.73 bits per heavy atom. The van der Waals surface area contributed by atoms with Crippen molar-refractivity contribution >= 4 is 45.3 Å². The van der Waals surface area contributed by atoms with Crippen molar-refractivity contribution in [2.45, 2.75) is 17.5 Å². The number of carbonyl (C=O) groups excluding carboxylic acids is 2. The minimum Gasteiger partial charge on any atom is -0.477 e. The molecule has 30 heavy (non-hydrogen) atoms. The molecule has 5 N–H and O–H groups in total. The molecule has 1 saturated heterocycles. The number of carboxylic acids is 1. The maximum atomic E-state index is 12.6. The van der Waals surface area contributed by atoms with Gasteiger partial charge in [-0.05, 0) is 23.3 Å². The highest BCUT2D eigenvalue weighted by Gasteiger charge is 2.54. The monoisotopic (exact) mass is 452 g/mol. The smallest absolute Gasteiger partial charge is 0.352 e. The number of hydrogen-bond acceptors (Lipinski definition) is 7. The van der Waals surface area contributed by atoms with Gasteiger partial charge in [-0.2, -0.15) is 0 Å². The zero-order valence-corrected chi connectivity index (χ0v) is 17.5. The van der Waals surface area contributed by atoms with Crippen LogP contribution in [0.2, 0.25) is 0 Å². The predicted octanol–water partition coefficient (Wildman–Crippen LogP) is -0.0175. The number of anilines is 1. The minimum atomic E-state index is -3.50. The first-order valence-electron chi connectivity index (χ1n) is 8.70. The van der Waals surface area contributed by atoms with Crippen LogP contribution in [0.15, 0.2) is 48.2 Å². The molecule has 2 heterocycles. The Bertz CT molecular complexity index is 1070. The van der Waals surface area contributed by atoms with Gasteiger partial charge in [0.2, 0.25) is 15.9 Å². The van der Waals surface area contributed by atoms with Crippen LogP contribution in [-0.2, 0) is 24.4 Å². The van der Waals surface area contributed by atoms with Crippen LogP contribution < -0.4 is 15.8 Å². The predicted molar refractivity (Wildman–Crippen MR) is 112 cm³/mol. The van der Waals surface area contributed by atoms with E-state index in [9.17, 15) is 27.9 Å². The van der Waals surface area contributed by atoms with Crippen molar-refractivity contribution < 1.29 is 27.9 Å². The molecule has 0 radical (unpaired) electrons. The van der Waals surface area contributed by atoms with E-state index in [1.807, 2.05) is 0 Å². The van der Waals surface area contributed by atoms with Crippen LogP contribution in [0, 0.1) is 0 Å². The van der Waals surface area contributed by atoms with Crippen LogP contribution in [0.4, 0.5) is 5.69 Å². The highest BCUT2D eigenvalue weighted by atomic mass is 32.2. The van der Waals surface area contributed by atoms with Crippen molar-refractivity contribution in [1.29, 1.82) is 0 Å². The molecule has 160 valence electrons. The number of carboxylic acid groups (broad SMARTS) is 1. The molecule has 0 saturated carbocycles. The zero-order valence-electron chi connectivity index (χ0n) is 15.9. The van der Waals surface area contributed by atoms with Gasteiger partial charge in [0.25, 0.3) is 5.91 Å². The van der Waals surface area contributed by atoms with Crippen LogP contribution in [0.1, 0.15) is 11.6 Å². The van der Waals surface area contributed by atoms with Crippen LogP contribution in [-0.4, -0.2) is 59.6 Å². The number of sulfonamides is 1. The molecule has 12 heteroatoms. The Labute approximate surface area is 177 Å². The van der Waals surface area contributed by atoms with Crippen molar-refractivity contribution in [1.82, 2.24) is 10.2 Å². The molecule has 0 aliphatic carbocycles. The van der Waals surface area contributed by atoms with Gasteiger partial charge in [-0.3, -0.25) is 19.2 Å². The van der Waals surface area contributed by atoms with E-state index in [1.165, 1.54) is 30.0 Å². The van der Waals surface area contributed by atoms with E-state index in [2.05, 4.69) is 16.6 Å². The maximum Gasteiger partial charge on any atom is 0.352 e. The van der Waals surface area contributed by atoms with Crippen LogP contribution in [0.3, 0.4) is 0 Å². The number of allylic oxidation sites excluding steroid dienone is 1. The van der Waals surface area contributed by atoms with Gasteiger partial charge >= 0.3 is 5.97 Å². The number of nitrogens with zero attached hydrogens (tertiary/aromatic N) is 1. The molecule has 1 aromatic carbocycles. The fourth-order valence-corrected chi connectivity index (χ4v) is 5.10. The number of nitrogens with two attached hydrogens (primary N) is 1. The maximum absolute atomic E-state index is 12.6. The second-order valence-corrected chi connectivity index (χ2v) is 9.61. The molecule has 0 spiro atoms. The zero-order chi connectivity index (χ0) is 22.2. The van der Waals surface area contributed by atoms with E-state index in [1.54, 1.807) is 12.1 Å². The van der Waals surface area contributed by atoms with Crippen LogP contribution in [0.25, 0.3) is 0 Å². The number of aliphatic carboxylic acids is 1. The Morgan fingerprint density at radius 1 is 1.43 bits per heavy atom. The van der Waals surface area contributed by atoms with Gasteiger partial charge in [0, 0.05) is 11.4 Å². The summed E-state index contributed by atoms with van der Waals surface area (Å²) < 4.78 is 25.1. The molecule has 2 amide bonds. The SMILES string of the molecule is C=CC1=C(C(=O)O)N2C(=O)C(NC(=O)C(N)c3cccc(NS(C)(=O)=O)c3)[C@@H]2SC1. The van der Waals surface area contributed by atoms with E-state index in [0.29, 0.717) is 16.9 Å². The largest absolute Gasteiger partial charge is 0.477 e. The number of benzene rings is 1. The lowest BCUT2D eigenvalue weighted by Gasteiger charge is -2.49. The standard InChI is InChI=1S/C18H20N4O6S2/c1-3-9-8-29-17-13(16(24)22(17)14(9)18(25)26)20-15(23)12(19)10-5-4-6-11(7-10)21-30(2,27)28/h3-7,12-13,17,21H,1,8,19H2,2H3,(H,20,23)(H,25,26)/t12?,13?,17-/m0/s1. The summed E-state index contributed by atoms with van der Waals surface area (Å²) in [5, 5.41) is 11.4. The molecule has 1 aromatic rings. The highest BCUT2D eigenvalue weighted by Crippen LogP contribution is 2.40.